The lowest BCUT2D eigenvalue weighted by molar-refractivity contribution is -0.131. The number of carboxylic acid groups (broad SMARTS) is 1. The van der Waals surface area contributed by atoms with Crippen LogP contribution in [-0.2, 0) is 4.79 Å². The van der Waals surface area contributed by atoms with Gasteiger partial charge in [0.2, 0.25) is 0 Å². The number of allylic oxidation sites excluding steroid dienone is 1. The highest BCUT2D eigenvalue weighted by molar-refractivity contribution is 5.79. The average molecular weight is 84.1 g/mol. The minimum absolute atomic E-state index is 0.861. The molecule has 0 amide bonds. The zero-order valence-electron chi connectivity index (χ0n) is 3.09. The summed E-state index contributed by atoms with van der Waals surface area (Å²) in [6, 6.07) is 0. The Labute approximate surface area is 36.1 Å². The van der Waals surface area contributed by atoms with Crippen LogP contribution in [-0.4, -0.2) is 11.1 Å². The lowest BCUT2D eigenvalue weighted by atomic mass is 10.5. The Kier molecular flexibility index (Phi) is 2.13. The molecule has 2 radical (unpaired) electrons. The van der Waals surface area contributed by atoms with Gasteiger partial charge in [-0.25, -0.2) is 4.79 Å². The molecular formula is C4H4O2. The van der Waals surface area contributed by atoms with Crippen LogP contribution in [0.2, 0.25) is 0 Å². The van der Waals surface area contributed by atoms with Crippen LogP contribution in [0.1, 0.15) is 0 Å². The van der Waals surface area contributed by atoms with E-state index in [0.717, 1.165) is 12.2 Å². The van der Waals surface area contributed by atoms with Gasteiger partial charge in [-0.2, -0.15) is 0 Å². The molecule has 0 spiro atoms. The first-order chi connectivity index (χ1) is 2.77. The summed E-state index contributed by atoms with van der Waals surface area (Å²) in [5.74, 6) is -1.02. The van der Waals surface area contributed by atoms with Crippen molar-refractivity contribution in [3.63, 3.8) is 0 Å². The third-order valence-electron chi connectivity index (χ3n) is 0.239. The maximum absolute atomic E-state index is 9.43. The first-order valence-corrected chi connectivity index (χ1v) is 1.38. The smallest absolute Gasteiger partial charge is 0.327 e. The number of carboxylic acids is 1. The molecule has 6 heavy (non-hydrogen) atoms. The second-order valence-electron chi connectivity index (χ2n) is 0.697. The molecule has 0 aliphatic carbocycles. The normalized spacial score (nSPS) is 9.50. The molecule has 2 nitrogen and oxygen atoms in total. The van der Waals surface area contributed by atoms with Gasteiger partial charge in [0.05, 0.1) is 0 Å². The molecule has 32 valence electrons. The second-order valence-corrected chi connectivity index (χ2v) is 0.697. The summed E-state index contributed by atoms with van der Waals surface area (Å²) in [4.78, 5) is 9.43. The van der Waals surface area contributed by atoms with Gasteiger partial charge in [-0.15, -0.1) is 0 Å². The third kappa shape index (κ3) is 3.21. The minimum atomic E-state index is -1.02. The summed E-state index contributed by atoms with van der Waals surface area (Å²) < 4.78 is 0. The summed E-state index contributed by atoms with van der Waals surface area (Å²) in [6.07, 6.45) is 1.84. The van der Waals surface area contributed by atoms with Crippen molar-refractivity contribution >= 4 is 5.97 Å². The standard InChI is InChI=1S/C4H4O2/c1-2-3-4(5)6/h1-3H,(H,5,6)/b3-2+. The molecule has 0 fully saturated rings. The van der Waals surface area contributed by atoms with Gasteiger partial charge in [-0.1, -0.05) is 6.08 Å². The Morgan fingerprint density at radius 2 is 2.33 bits per heavy atom. The molecule has 0 aromatic heterocycles. The molecular weight excluding hydrogens is 80.0 g/mol. The third-order valence-corrected chi connectivity index (χ3v) is 0.239. The van der Waals surface area contributed by atoms with Crippen molar-refractivity contribution < 1.29 is 9.90 Å². The molecule has 2 heteroatoms. The van der Waals surface area contributed by atoms with E-state index in [1.807, 2.05) is 0 Å². The van der Waals surface area contributed by atoms with Crippen molar-refractivity contribution in [3.8, 4) is 0 Å². The molecule has 0 heterocycles. The van der Waals surface area contributed by atoms with Crippen molar-refractivity contribution in [2.24, 2.45) is 0 Å². The van der Waals surface area contributed by atoms with Gasteiger partial charge in [0, 0.05) is 6.08 Å². The van der Waals surface area contributed by atoms with E-state index in [9.17, 15) is 4.79 Å². The lowest BCUT2D eigenvalue weighted by Crippen LogP contribution is -1.83. The first-order valence-electron chi connectivity index (χ1n) is 1.38. The molecule has 0 saturated heterocycles. The lowest BCUT2D eigenvalue weighted by Gasteiger charge is -1.68. The SMILES string of the molecule is [CH]/C=C/C(=O)O. The van der Waals surface area contributed by atoms with Crippen molar-refractivity contribution in [3.05, 3.63) is 19.1 Å². The Bertz CT molecular complexity index is 73.6. The molecule has 0 aromatic carbocycles. The first kappa shape index (κ1) is 5.21. The van der Waals surface area contributed by atoms with Crippen molar-refractivity contribution in [1.29, 1.82) is 0 Å². The highest BCUT2D eigenvalue weighted by Crippen LogP contribution is 1.64. The number of rotatable bonds is 1. The Hall–Kier alpha value is -0.790. The van der Waals surface area contributed by atoms with E-state index < -0.39 is 5.97 Å². The Morgan fingerprint density at radius 3 is 2.33 bits per heavy atom. The van der Waals surface area contributed by atoms with E-state index >= 15 is 0 Å². The number of hydrogen-bond acceptors (Lipinski definition) is 1. The van der Waals surface area contributed by atoms with E-state index in [1.165, 1.54) is 0 Å². The quantitative estimate of drug-likeness (QED) is 0.465. The van der Waals surface area contributed by atoms with Crippen LogP contribution in [0.3, 0.4) is 0 Å². The Morgan fingerprint density at radius 1 is 1.83 bits per heavy atom. The highest BCUT2D eigenvalue weighted by Gasteiger charge is 1.76. The van der Waals surface area contributed by atoms with Gasteiger partial charge in [0.25, 0.3) is 0 Å². The summed E-state index contributed by atoms with van der Waals surface area (Å²) in [5.41, 5.74) is 0. The van der Waals surface area contributed by atoms with Gasteiger partial charge in [-0.05, 0) is 6.92 Å². The van der Waals surface area contributed by atoms with Crippen molar-refractivity contribution in [2.75, 3.05) is 0 Å². The number of carbonyl (C=O) groups is 1. The van der Waals surface area contributed by atoms with Gasteiger partial charge in [0.1, 0.15) is 0 Å². The highest BCUT2D eigenvalue weighted by atomic mass is 16.4. The summed E-state index contributed by atoms with van der Waals surface area (Å²) >= 11 is 0. The largest absolute Gasteiger partial charge is 0.478 e. The minimum Gasteiger partial charge on any atom is -0.478 e. The number of hydrogen-bond donors (Lipinski definition) is 1. The van der Waals surface area contributed by atoms with Crippen LogP contribution in [0.5, 0.6) is 0 Å². The molecule has 0 saturated carbocycles. The molecule has 0 aromatic rings. The number of aliphatic carboxylic acids is 1. The predicted octanol–water partition coefficient (Wildman–Crippen LogP) is 0.338. The molecule has 0 unspecified atom stereocenters. The van der Waals surface area contributed by atoms with Crippen LogP contribution in [0.25, 0.3) is 0 Å². The maximum atomic E-state index is 9.43. The monoisotopic (exact) mass is 84.0 g/mol. The summed E-state index contributed by atoms with van der Waals surface area (Å²) in [6.45, 7) is 4.67. The average Bonchev–Trinajstić information content (AvgIpc) is 1.35. The van der Waals surface area contributed by atoms with Gasteiger partial charge in [0.15, 0.2) is 0 Å². The van der Waals surface area contributed by atoms with Crippen LogP contribution in [0.4, 0.5) is 0 Å². The topological polar surface area (TPSA) is 37.3 Å². The second kappa shape index (κ2) is 2.45. The molecule has 0 rings (SSSR count). The fourth-order valence-corrected chi connectivity index (χ4v) is 0.0823. The van der Waals surface area contributed by atoms with E-state index in [4.69, 9.17) is 5.11 Å². The molecule has 0 bridgehead atoms. The van der Waals surface area contributed by atoms with E-state index in [-0.39, 0.29) is 0 Å². The zero-order valence-corrected chi connectivity index (χ0v) is 3.09. The molecule has 0 aliphatic heterocycles. The van der Waals surface area contributed by atoms with Crippen LogP contribution in [0.15, 0.2) is 12.2 Å². The zero-order chi connectivity index (χ0) is 4.99. The van der Waals surface area contributed by atoms with Crippen LogP contribution < -0.4 is 0 Å². The Balaban J connectivity index is 3.30. The van der Waals surface area contributed by atoms with Crippen LogP contribution in [0, 0.1) is 6.92 Å². The van der Waals surface area contributed by atoms with Crippen molar-refractivity contribution in [1.82, 2.24) is 0 Å². The molecule has 1 N–H and O–H groups in total. The molecule has 0 atom stereocenters. The fourth-order valence-electron chi connectivity index (χ4n) is 0.0823. The van der Waals surface area contributed by atoms with Crippen LogP contribution >= 0.6 is 0 Å². The molecule has 0 aliphatic rings. The fraction of sp³-hybridized carbons (Fsp3) is 0. The van der Waals surface area contributed by atoms with E-state index in [1.54, 1.807) is 0 Å². The van der Waals surface area contributed by atoms with Gasteiger partial charge in [-0.3, -0.25) is 0 Å². The van der Waals surface area contributed by atoms with E-state index in [2.05, 4.69) is 6.92 Å². The van der Waals surface area contributed by atoms with Crippen molar-refractivity contribution in [2.45, 2.75) is 0 Å². The van der Waals surface area contributed by atoms with Gasteiger partial charge < -0.3 is 5.11 Å². The predicted molar refractivity (Wildman–Crippen MR) is 21.1 cm³/mol. The summed E-state index contributed by atoms with van der Waals surface area (Å²) in [5, 5.41) is 7.75. The maximum Gasteiger partial charge on any atom is 0.327 e. The van der Waals surface area contributed by atoms with E-state index in [0.29, 0.717) is 0 Å². The summed E-state index contributed by atoms with van der Waals surface area (Å²) in [7, 11) is 0. The van der Waals surface area contributed by atoms with Gasteiger partial charge >= 0.3 is 5.97 Å².